The molecule has 0 N–H and O–H groups in total. The van der Waals surface area contributed by atoms with Gasteiger partial charge in [0.1, 0.15) is 0 Å². The molecule has 2 heteroatoms. The summed E-state index contributed by atoms with van der Waals surface area (Å²) in [5.41, 5.74) is 13.6. The van der Waals surface area contributed by atoms with Crippen LogP contribution in [0.1, 0.15) is 25.0 Å². The first-order chi connectivity index (χ1) is 27.0. The molecule has 1 aliphatic rings. The Morgan fingerprint density at radius 1 is 0.364 bits per heavy atom. The molecule has 1 nitrogen and oxygen atoms in total. The van der Waals surface area contributed by atoms with Gasteiger partial charge in [-0.3, -0.25) is 0 Å². The highest BCUT2D eigenvalue weighted by atomic mass is 32.1. The van der Waals surface area contributed by atoms with Crippen molar-refractivity contribution in [3.63, 3.8) is 0 Å². The van der Waals surface area contributed by atoms with Gasteiger partial charge in [-0.25, -0.2) is 0 Å². The molecule has 0 unspecified atom stereocenters. The largest absolute Gasteiger partial charge is 0.310 e. The Labute approximate surface area is 325 Å². The Bertz CT molecular complexity index is 3130. The van der Waals surface area contributed by atoms with Crippen molar-refractivity contribution in [3.8, 4) is 33.4 Å². The zero-order valence-electron chi connectivity index (χ0n) is 30.8. The molecule has 0 bridgehead atoms. The molecule has 0 atom stereocenters. The molecule has 0 amide bonds. The van der Waals surface area contributed by atoms with Gasteiger partial charge in [0.25, 0.3) is 0 Å². The van der Waals surface area contributed by atoms with Gasteiger partial charge in [-0.05, 0) is 133 Å². The fourth-order valence-electron chi connectivity index (χ4n) is 8.92. The SMILES string of the molecule is CC1(C)c2ccccc2-c2ccc(N(c3ccc(-c4ccc5cc6c(cc5c4)sc4ccccc46)cc3)c3cccc(-c4ccc5ccccc5c4)c3)cc21. The van der Waals surface area contributed by atoms with Crippen molar-refractivity contribution in [1.82, 2.24) is 0 Å². The molecule has 0 saturated heterocycles. The van der Waals surface area contributed by atoms with Gasteiger partial charge in [-0.15, -0.1) is 11.3 Å². The number of hydrogen-bond donors (Lipinski definition) is 0. The van der Waals surface area contributed by atoms with E-state index in [0.717, 1.165) is 17.1 Å². The lowest BCUT2D eigenvalue weighted by Gasteiger charge is -2.28. The molecule has 0 saturated carbocycles. The first kappa shape index (κ1) is 32.0. The maximum absolute atomic E-state index is 2.42. The normalized spacial score (nSPS) is 13.1. The van der Waals surface area contributed by atoms with Crippen molar-refractivity contribution in [2.24, 2.45) is 0 Å². The van der Waals surface area contributed by atoms with Crippen LogP contribution in [0.15, 0.2) is 188 Å². The molecular formula is C53H37NS. The minimum atomic E-state index is -0.0953. The number of rotatable bonds is 5. The van der Waals surface area contributed by atoms with E-state index in [1.54, 1.807) is 0 Å². The Hall–Kier alpha value is -6.48. The molecule has 9 aromatic carbocycles. The van der Waals surface area contributed by atoms with Gasteiger partial charge in [0.05, 0.1) is 0 Å². The topological polar surface area (TPSA) is 3.24 Å². The van der Waals surface area contributed by atoms with Crippen LogP contribution in [0, 0.1) is 0 Å². The number of anilines is 3. The van der Waals surface area contributed by atoms with E-state index in [1.807, 2.05) is 11.3 Å². The van der Waals surface area contributed by atoms with Crippen LogP contribution in [-0.2, 0) is 5.41 Å². The maximum Gasteiger partial charge on any atom is 0.0467 e. The van der Waals surface area contributed by atoms with E-state index in [1.165, 1.54) is 86.2 Å². The number of benzene rings is 9. The van der Waals surface area contributed by atoms with E-state index < -0.39 is 0 Å². The fraction of sp³-hybridized carbons (Fsp3) is 0.0566. The van der Waals surface area contributed by atoms with E-state index in [2.05, 4.69) is 207 Å². The molecule has 11 rings (SSSR count). The zero-order valence-corrected chi connectivity index (χ0v) is 31.6. The maximum atomic E-state index is 2.42. The quantitative estimate of drug-likeness (QED) is 0.171. The number of hydrogen-bond acceptors (Lipinski definition) is 2. The minimum absolute atomic E-state index is 0.0953. The highest BCUT2D eigenvalue weighted by Gasteiger charge is 2.35. The summed E-state index contributed by atoms with van der Waals surface area (Å²) in [4.78, 5) is 2.42. The molecule has 1 aliphatic carbocycles. The third-order valence-corrected chi connectivity index (χ3v) is 12.9. The van der Waals surface area contributed by atoms with E-state index in [9.17, 15) is 0 Å². The molecule has 260 valence electrons. The number of nitrogens with zero attached hydrogens (tertiary/aromatic N) is 1. The molecule has 0 fully saturated rings. The van der Waals surface area contributed by atoms with Crippen LogP contribution in [0.5, 0.6) is 0 Å². The summed E-state index contributed by atoms with van der Waals surface area (Å²) in [7, 11) is 0. The van der Waals surface area contributed by atoms with Gasteiger partial charge in [0, 0.05) is 42.6 Å². The van der Waals surface area contributed by atoms with Crippen LogP contribution in [0.2, 0.25) is 0 Å². The summed E-state index contributed by atoms with van der Waals surface area (Å²) in [6, 6.07) is 69.8. The summed E-state index contributed by atoms with van der Waals surface area (Å²) < 4.78 is 2.68. The van der Waals surface area contributed by atoms with Gasteiger partial charge in [-0.2, -0.15) is 0 Å². The van der Waals surface area contributed by atoms with Gasteiger partial charge < -0.3 is 4.90 Å². The van der Waals surface area contributed by atoms with E-state index >= 15 is 0 Å². The second-order valence-corrected chi connectivity index (χ2v) is 16.5. The standard InChI is InChI=1S/C53H37NS/c1-53(2)49-16-7-5-14-45(49)46-27-26-44(33-50(46)53)54(43-13-9-12-37(30-43)39-19-18-34-10-3-4-11-36(34)28-39)42-24-22-35(23-25-42)38-20-21-40-31-48-47-15-6-8-17-51(47)55-52(48)32-41(40)29-38/h3-33H,1-2H3. The van der Waals surface area contributed by atoms with Gasteiger partial charge in [0.2, 0.25) is 0 Å². The lowest BCUT2D eigenvalue weighted by atomic mass is 9.82. The van der Waals surface area contributed by atoms with E-state index in [0.29, 0.717) is 0 Å². The molecule has 55 heavy (non-hydrogen) atoms. The zero-order chi connectivity index (χ0) is 36.7. The fourth-order valence-corrected chi connectivity index (χ4v) is 10.1. The predicted octanol–water partition coefficient (Wildman–Crippen LogP) is 15.5. The lowest BCUT2D eigenvalue weighted by molar-refractivity contribution is 0.660. The lowest BCUT2D eigenvalue weighted by Crippen LogP contribution is -2.16. The smallest absolute Gasteiger partial charge is 0.0467 e. The number of fused-ring (bicyclic) bond motifs is 8. The molecule has 0 spiro atoms. The summed E-state index contributed by atoms with van der Waals surface area (Å²) in [6.45, 7) is 4.71. The van der Waals surface area contributed by atoms with Crippen LogP contribution in [-0.4, -0.2) is 0 Å². The number of thiophene rings is 1. The van der Waals surface area contributed by atoms with Crippen molar-refractivity contribution in [3.05, 3.63) is 199 Å². The molecule has 10 aromatic rings. The summed E-state index contributed by atoms with van der Waals surface area (Å²) in [5, 5.41) is 7.73. The monoisotopic (exact) mass is 719 g/mol. The Morgan fingerprint density at radius 3 is 1.89 bits per heavy atom. The first-order valence-electron chi connectivity index (χ1n) is 19.1. The average molecular weight is 720 g/mol. The van der Waals surface area contributed by atoms with E-state index in [-0.39, 0.29) is 5.41 Å². The van der Waals surface area contributed by atoms with Crippen LogP contribution in [0.4, 0.5) is 17.1 Å². The Balaban J connectivity index is 1.02. The van der Waals surface area contributed by atoms with Crippen molar-refractivity contribution >= 4 is 70.1 Å². The first-order valence-corrected chi connectivity index (χ1v) is 19.9. The third kappa shape index (κ3) is 5.21. The summed E-state index contributed by atoms with van der Waals surface area (Å²) in [6.07, 6.45) is 0. The predicted molar refractivity (Wildman–Crippen MR) is 237 cm³/mol. The average Bonchev–Trinajstić information content (AvgIpc) is 3.70. The molecular weight excluding hydrogens is 683 g/mol. The molecule has 1 heterocycles. The third-order valence-electron chi connectivity index (χ3n) is 11.8. The van der Waals surface area contributed by atoms with Gasteiger partial charge in [0.15, 0.2) is 0 Å². The second kappa shape index (κ2) is 12.3. The minimum Gasteiger partial charge on any atom is -0.310 e. The van der Waals surface area contributed by atoms with Gasteiger partial charge in [-0.1, -0.05) is 135 Å². The van der Waals surface area contributed by atoms with Gasteiger partial charge >= 0.3 is 0 Å². The summed E-state index contributed by atoms with van der Waals surface area (Å²) in [5.74, 6) is 0. The van der Waals surface area contributed by atoms with Crippen molar-refractivity contribution in [2.45, 2.75) is 19.3 Å². The van der Waals surface area contributed by atoms with Crippen LogP contribution in [0.25, 0.3) is 75.1 Å². The van der Waals surface area contributed by atoms with Crippen molar-refractivity contribution in [2.75, 3.05) is 4.90 Å². The van der Waals surface area contributed by atoms with Crippen LogP contribution >= 0.6 is 11.3 Å². The van der Waals surface area contributed by atoms with Crippen LogP contribution in [0.3, 0.4) is 0 Å². The highest BCUT2D eigenvalue weighted by molar-refractivity contribution is 7.25. The van der Waals surface area contributed by atoms with E-state index in [4.69, 9.17) is 0 Å². The molecule has 0 radical (unpaired) electrons. The van der Waals surface area contributed by atoms with Crippen molar-refractivity contribution < 1.29 is 0 Å². The Morgan fingerprint density at radius 2 is 1.00 bits per heavy atom. The van der Waals surface area contributed by atoms with Crippen LogP contribution < -0.4 is 4.90 Å². The highest BCUT2D eigenvalue weighted by Crippen LogP contribution is 2.51. The second-order valence-electron chi connectivity index (χ2n) is 15.4. The van der Waals surface area contributed by atoms with Crippen molar-refractivity contribution in [1.29, 1.82) is 0 Å². The molecule has 1 aromatic heterocycles. The Kier molecular flexibility index (Phi) is 7.14. The summed E-state index contributed by atoms with van der Waals surface area (Å²) >= 11 is 1.88. The molecule has 0 aliphatic heterocycles.